The van der Waals surface area contributed by atoms with Crippen LogP contribution in [0.5, 0.6) is 5.75 Å². The summed E-state index contributed by atoms with van der Waals surface area (Å²) in [6.45, 7) is 6.35. The molecule has 0 aromatic heterocycles. The third-order valence-corrected chi connectivity index (χ3v) is 2.96. The highest BCUT2D eigenvalue weighted by Gasteiger charge is 2.38. The van der Waals surface area contributed by atoms with Gasteiger partial charge in [0.1, 0.15) is 17.4 Å². The van der Waals surface area contributed by atoms with Gasteiger partial charge in [-0.1, -0.05) is 6.07 Å². The Kier molecular flexibility index (Phi) is 5.31. The highest BCUT2D eigenvalue weighted by molar-refractivity contribution is 5.80. The minimum absolute atomic E-state index is 0.00251. The molecular formula is C15H20N2O6. The Labute approximate surface area is 133 Å². The van der Waals surface area contributed by atoms with Gasteiger partial charge >= 0.3 is 11.8 Å². The quantitative estimate of drug-likeness (QED) is 0.506. The van der Waals surface area contributed by atoms with E-state index in [9.17, 15) is 19.7 Å². The molecule has 1 amide bonds. The van der Waals surface area contributed by atoms with E-state index in [2.05, 4.69) is 5.32 Å². The third-order valence-electron chi connectivity index (χ3n) is 2.96. The summed E-state index contributed by atoms with van der Waals surface area (Å²) < 4.78 is 10.1. The second-order valence-electron chi connectivity index (χ2n) is 6.06. The van der Waals surface area contributed by atoms with Gasteiger partial charge in [0.2, 0.25) is 0 Å². The van der Waals surface area contributed by atoms with E-state index in [-0.39, 0.29) is 17.0 Å². The number of amides is 1. The zero-order chi connectivity index (χ0) is 17.8. The number of carbonyl (C=O) groups is 2. The number of methoxy groups -OCH3 is 1. The number of benzene rings is 1. The first-order valence-electron chi connectivity index (χ1n) is 6.83. The minimum atomic E-state index is -1.64. The normalized spacial score (nSPS) is 13.6. The van der Waals surface area contributed by atoms with Crippen LogP contribution in [-0.2, 0) is 15.1 Å². The van der Waals surface area contributed by atoms with Gasteiger partial charge in [0, 0.05) is 0 Å². The zero-order valence-electron chi connectivity index (χ0n) is 13.7. The van der Waals surface area contributed by atoms with Gasteiger partial charge < -0.3 is 19.6 Å². The molecule has 0 spiro atoms. The zero-order valence-corrected chi connectivity index (χ0v) is 13.7. The van der Waals surface area contributed by atoms with E-state index in [4.69, 9.17) is 9.47 Å². The highest BCUT2D eigenvalue weighted by Crippen LogP contribution is 2.36. The first kappa shape index (κ1) is 18.4. The number of nitrogens with one attached hydrogen (secondary N) is 1. The predicted molar refractivity (Wildman–Crippen MR) is 82.4 cm³/mol. The number of alkyl carbamates (subject to hydrolysis) is 1. The van der Waals surface area contributed by atoms with Gasteiger partial charge in [-0.2, -0.15) is 0 Å². The van der Waals surface area contributed by atoms with Gasteiger partial charge in [-0.05, 0) is 39.8 Å². The monoisotopic (exact) mass is 324 g/mol. The molecule has 0 saturated carbocycles. The molecule has 23 heavy (non-hydrogen) atoms. The van der Waals surface area contributed by atoms with Crippen molar-refractivity contribution in [2.75, 3.05) is 7.11 Å². The van der Waals surface area contributed by atoms with Gasteiger partial charge in [-0.25, -0.2) is 4.79 Å². The van der Waals surface area contributed by atoms with Crippen LogP contribution in [0.4, 0.5) is 10.5 Å². The third kappa shape index (κ3) is 4.41. The van der Waals surface area contributed by atoms with Crippen molar-refractivity contribution in [3.05, 3.63) is 33.9 Å². The average molecular weight is 324 g/mol. The Morgan fingerprint density at radius 1 is 1.30 bits per heavy atom. The Morgan fingerprint density at radius 3 is 2.35 bits per heavy atom. The topological polar surface area (TPSA) is 108 Å². The average Bonchev–Trinajstić information content (AvgIpc) is 2.43. The number of hydrogen-bond acceptors (Lipinski definition) is 6. The number of carbonyl (C=O) groups excluding carboxylic acids is 2. The molecule has 0 bridgehead atoms. The fraction of sp³-hybridized carbons (Fsp3) is 0.467. The molecule has 0 radical (unpaired) electrons. The second-order valence-corrected chi connectivity index (χ2v) is 6.06. The van der Waals surface area contributed by atoms with Crippen molar-refractivity contribution in [3.8, 4) is 5.75 Å². The maximum Gasteiger partial charge on any atom is 0.408 e. The van der Waals surface area contributed by atoms with E-state index in [0.717, 1.165) is 0 Å². The van der Waals surface area contributed by atoms with Gasteiger partial charge in [-0.3, -0.25) is 10.1 Å². The van der Waals surface area contributed by atoms with E-state index in [1.165, 1.54) is 32.2 Å². The number of nitro benzene ring substituents is 1. The van der Waals surface area contributed by atoms with Crippen molar-refractivity contribution >= 4 is 18.1 Å². The molecular weight excluding hydrogens is 304 g/mol. The number of para-hydroxylation sites is 1. The Hall–Kier alpha value is -2.64. The molecule has 0 aliphatic heterocycles. The molecule has 8 heteroatoms. The SMILES string of the molecule is COc1cccc(C(C)(C=O)NC(=O)OC(C)(C)C)c1[N+](=O)[O-]. The van der Waals surface area contributed by atoms with Crippen molar-refractivity contribution in [1.29, 1.82) is 0 Å². The van der Waals surface area contributed by atoms with Gasteiger partial charge in [0.05, 0.1) is 17.6 Å². The Bertz CT molecular complexity index is 623. The highest BCUT2D eigenvalue weighted by atomic mass is 16.6. The molecule has 0 aliphatic carbocycles. The summed E-state index contributed by atoms with van der Waals surface area (Å²) in [6.07, 6.45) is -0.442. The lowest BCUT2D eigenvalue weighted by Crippen LogP contribution is -2.47. The predicted octanol–water partition coefficient (Wildman–Crippen LogP) is 2.54. The van der Waals surface area contributed by atoms with Gasteiger partial charge in [-0.15, -0.1) is 0 Å². The van der Waals surface area contributed by atoms with Crippen molar-refractivity contribution in [2.24, 2.45) is 0 Å². The van der Waals surface area contributed by atoms with E-state index < -0.39 is 22.2 Å². The lowest BCUT2D eigenvalue weighted by Gasteiger charge is -2.27. The summed E-state index contributed by atoms with van der Waals surface area (Å²) in [5, 5.41) is 13.7. The van der Waals surface area contributed by atoms with Crippen LogP contribution in [-0.4, -0.2) is 30.0 Å². The molecule has 126 valence electrons. The van der Waals surface area contributed by atoms with Crippen LogP contribution in [0.15, 0.2) is 18.2 Å². The van der Waals surface area contributed by atoms with Gasteiger partial charge in [0.25, 0.3) is 0 Å². The lowest BCUT2D eigenvalue weighted by molar-refractivity contribution is -0.386. The van der Waals surface area contributed by atoms with Crippen LogP contribution in [0.1, 0.15) is 33.3 Å². The molecule has 1 N–H and O–H groups in total. The number of ether oxygens (including phenoxy) is 2. The Balaban J connectivity index is 3.31. The molecule has 0 fully saturated rings. The molecule has 1 rings (SSSR count). The van der Waals surface area contributed by atoms with Gasteiger partial charge in [0.15, 0.2) is 5.75 Å². The van der Waals surface area contributed by atoms with Crippen LogP contribution in [0.25, 0.3) is 0 Å². The molecule has 1 unspecified atom stereocenters. The van der Waals surface area contributed by atoms with Crippen molar-refractivity contribution in [3.63, 3.8) is 0 Å². The molecule has 0 heterocycles. The number of nitrogens with zero attached hydrogens (tertiary/aromatic N) is 1. The van der Waals surface area contributed by atoms with Crippen LogP contribution in [0.3, 0.4) is 0 Å². The number of rotatable bonds is 5. The first-order chi connectivity index (χ1) is 10.5. The number of nitro groups is 1. The first-order valence-corrected chi connectivity index (χ1v) is 6.83. The Morgan fingerprint density at radius 2 is 1.91 bits per heavy atom. The molecule has 0 aliphatic rings. The van der Waals surface area contributed by atoms with E-state index in [0.29, 0.717) is 6.29 Å². The summed E-state index contributed by atoms with van der Waals surface area (Å²) in [7, 11) is 1.28. The second kappa shape index (κ2) is 6.64. The fourth-order valence-electron chi connectivity index (χ4n) is 1.97. The van der Waals surface area contributed by atoms with Crippen LogP contribution in [0, 0.1) is 10.1 Å². The summed E-state index contributed by atoms with van der Waals surface area (Å²) >= 11 is 0. The summed E-state index contributed by atoms with van der Waals surface area (Å²) in [4.78, 5) is 34.2. The summed E-state index contributed by atoms with van der Waals surface area (Å²) in [5.74, 6) is -0.00781. The maximum atomic E-state index is 11.9. The summed E-state index contributed by atoms with van der Waals surface area (Å²) in [6, 6.07) is 4.28. The molecule has 1 aromatic carbocycles. The maximum absolute atomic E-state index is 11.9. The van der Waals surface area contributed by atoms with Crippen LogP contribution < -0.4 is 10.1 Å². The van der Waals surface area contributed by atoms with E-state index in [1.54, 1.807) is 20.8 Å². The van der Waals surface area contributed by atoms with E-state index in [1.807, 2.05) is 0 Å². The smallest absolute Gasteiger partial charge is 0.408 e. The molecule has 1 aromatic rings. The summed E-state index contributed by atoms with van der Waals surface area (Å²) in [5.41, 5.74) is -2.80. The fourth-order valence-corrected chi connectivity index (χ4v) is 1.97. The van der Waals surface area contributed by atoms with Crippen molar-refractivity contribution in [1.82, 2.24) is 5.32 Å². The van der Waals surface area contributed by atoms with Crippen molar-refractivity contribution < 1.29 is 24.0 Å². The van der Waals surface area contributed by atoms with Crippen LogP contribution in [0.2, 0.25) is 0 Å². The number of aldehydes is 1. The lowest BCUT2D eigenvalue weighted by atomic mass is 9.91. The molecule has 0 saturated heterocycles. The standard InChI is InChI=1S/C15H20N2O6/c1-14(2,3)23-13(19)16-15(4,9-18)10-7-6-8-11(22-5)12(10)17(20)21/h6-9H,1-5H3,(H,16,19). The molecule has 8 nitrogen and oxygen atoms in total. The largest absolute Gasteiger partial charge is 0.490 e. The van der Waals surface area contributed by atoms with E-state index >= 15 is 0 Å². The number of hydrogen-bond donors (Lipinski definition) is 1. The minimum Gasteiger partial charge on any atom is -0.490 e. The molecule has 1 atom stereocenters. The van der Waals surface area contributed by atoms with Crippen molar-refractivity contribution in [2.45, 2.75) is 38.8 Å². The van der Waals surface area contributed by atoms with Crippen LogP contribution >= 0.6 is 0 Å².